The predicted octanol–water partition coefficient (Wildman–Crippen LogP) is 8.22. The molecule has 0 spiro atoms. The highest BCUT2D eigenvalue weighted by Crippen LogP contribution is 2.43. The number of carbonyl (C=O) groups is 3. The summed E-state index contributed by atoms with van der Waals surface area (Å²) in [4.78, 5) is 46.2. The summed E-state index contributed by atoms with van der Waals surface area (Å²) < 4.78 is 32.7. The smallest absolute Gasteiger partial charge is 0.472 e. The zero-order valence-electron chi connectivity index (χ0n) is 36.2. The van der Waals surface area contributed by atoms with Crippen LogP contribution in [-0.4, -0.2) is 93.5 Å². The second-order valence-corrected chi connectivity index (χ2v) is 17.6. The SMILES string of the molecule is CCCCCCCC/C=C\CCCCCCCC(=O)O[C@H](COC(=O)CCCCCC[C@@H]1[C@@H](/C=C/[C@@H](O)CCCCC)[C@H](O)C[C@@H]1O)COP(=O)(O)OC[C@H](N)C(=O)O. The molecule has 8 atom stereocenters. The largest absolute Gasteiger partial charge is 0.480 e. The molecule has 14 nitrogen and oxygen atoms in total. The van der Waals surface area contributed by atoms with E-state index in [4.69, 9.17) is 24.8 Å². The molecule has 1 aliphatic carbocycles. The highest BCUT2D eigenvalue weighted by atomic mass is 31.2. The number of carboxylic acids is 1. The number of nitrogens with two attached hydrogens (primary N) is 1. The number of esters is 2. The molecule has 0 saturated heterocycles. The van der Waals surface area contributed by atoms with E-state index in [-0.39, 0.29) is 24.7 Å². The summed E-state index contributed by atoms with van der Waals surface area (Å²) in [5.41, 5.74) is 5.33. The molecule has 0 heterocycles. The number of ether oxygens (including phenoxy) is 2. The van der Waals surface area contributed by atoms with Crippen LogP contribution >= 0.6 is 7.82 Å². The van der Waals surface area contributed by atoms with Crippen LogP contribution in [0.2, 0.25) is 0 Å². The Bertz CT molecular complexity index is 1220. The molecule has 1 rings (SSSR count). The maximum absolute atomic E-state index is 12.7. The first kappa shape index (κ1) is 54.9. The van der Waals surface area contributed by atoms with Crippen molar-refractivity contribution in [1.82, 2.24) is 0 Å². The number of carboxylic acid groups (broad SMARTS) is 1. The Morgan fingerprint density at radius 2 is 1.27 bits per heavy atom. The van der Waals surface area contributed by atoms with Crippen molar-refractivity contribution < 1.29 is 62.8 Å². The molecule has 0 bridgehead atoms. The molecule has 7 N–H and O–H groups in total. The summed E-state index contributed by atoms with van der Waals surface area (Å²) >= 11 is 0. The Morgan fingerprint density at radius 3 is 1.90 bits per heavy atom. The van der Waals surface area contributed by atoms with Crippen molar-refractivity contribution in [2.75, 3.05) is 19.8 Å². The minimum Gasteiger partial charge on any atom is -0.480 e. The van der Waals surface area contributed by atoms with Gasteiger partial charge in [0.1, 0.15) is 12.6 Å². The van der Waals surface area contributed by atoms with E-state index < -0.39 is 76.0 Å². The van der Waals surface area contributed by atoms with Gasteiger partial charge in [-0.05, 0) is 57.3 Å². The number of rotatable bonds is 38. The van der Waals surface area contributed by atoms with E-state index in [1.807, 2.05) is 6.08 Å². The Balaban J connectivity index is 2.46. The molecular weight excluding hydrogens is 781 g/mol. The first-order valence-electron chi connectivity index (χ1n) is 22.6. The maximum atomic E-state index is 12.7. The van der Waals surface area contributed by atoms with Crippen molar-refractivity contribution in [2.24, 2.45) is 17.6 Å². The lowest BCUT2D eigenvalue weighted by atomic mass is 9.88. The Morgan fingerprint density at radius 1 is 0.729 bits per heavy atom. The van der Waals surface area contributed by atoms with Gasteiger partial charge in [-0.15, -0.1) is 0 Å². The molecule has 0 aromatic carbocycles. The molecule has 0 aliphatic heterocycles. The zero-order valence-corrected chi connectivity index (χ0v) is 37.1. The number of phosphoric acid groups is 1. The highest BCUT2D eigenvalue weighted by Gasteiger charge is 2.39. The van der Waals surface area contributed by atoms with Gasteiger partial charge in [0.2, 0.25) is 0 Å². The number of phosphoric ester groups is 1. The second kappa shape index (κ2) is 34.4. The summed E-state index contributed by atoms with van der Waals surface area (Å²) in [5.74, 6) is -2.88. The Labute approximate surface area is 354 Å². The van der Waals surface area contributed by atoms with E-state index in [2.05, 4.69) is 30.5 Å². The van der Waals surface area contributed by atoms with Crippen LogP contribution in [0, 0.1) is 11.8 Å². The van der Waals surface area contributed by atoms with Gasteiger partial charge in [0.05, 0.1) is 31.5 Å². The monoisotopic (exact) mass is 862 g/mol. The van der Waals surface area contributed by atoms with Crippen LogP contribution in [0.5, 0.6) is 0 Å². The average molecular weight is 862 g/mol. The van der Waals surface area contributed by atoms with Crippen LogP contribution in [0.3, 0.4) is 0 Å². The van der Waals surface area contributed by atoms with Crippen molar-refractivity contribution in [3.05, 3.63) is 24.3 Å². The summed E-state index contributed by atoms with van der Waals surface area (Å²) in [6.07, 6.45) is 27.4. The molecule has 0 aromatic heterocycles. The number of hydrogen-bond donors (Lipinski definition) is 6. The third kappa shape index (κ3) is 28.9. The molecule has 0 aromatic rings. The van der Waals surface area contributed by atoms with Crippen molar-refractivity contribution >= 4 is 25.7 Å². The molecule has 0 amide bonds. The van der Waals surface area contributed by atoms with Gasteiger partial charge in [0.15, 0.2) is 6.10 Å². The van der Waals surface area contributed by atoms with Crippen molar-refractivity contribution in [3.63, 3.8) is 0 Å². The van der Waals surface area contributed by atoms with Gasteiger partial charge >= 0.3 is 25.7 Å². The lowest BCUT2D eigenvalue weighted by Gasteiger charge is -2.21. The van der Waals surface area contributed by atoms with Crippen LogP contribution < -0.4 is 5.73 Å². The van der Waals surface area contributed by atoms with Crippen LogP contribution in [0.15, 0.2) is 24.3 Å². The molecule has 15 heteroatoms. The van der Waals surface area contributed by atoms with Gasteiger partial charge in [0, 0.05) is 25.2 Å². The Hall–Kier alpha value is -2.16. The van der Waals surface area contributed by atoms with E-state index in [0.717, 1.165) is 77.0 Å². The maximum Gasteiger partial charge on any atom is 0.472 e. The molecule has 0 radical (unpaired) electrons. The summed E-state index contributed by atoms with van der Waals surface area (Å²) in [5, 5.41) is 40.3. The molecular formula is C44H80NO13P. The van der Waals surface area contributed by atoms with Gasteiger partial charge in [-0.3, -0.25) is 23.4 Å². The first-order valence-corrected chi connectivity index (χ1v) is 24.1. The molecule has 1 unspecified atom stereocenters. The fourth-order valence-electron chi connectivity index (χ4n) is 7.16. The number of aliphatic hydroxyl groups is 3. The highest BCUT2D eigenvalue weighted by molar-refractivity contribution is 7.47. The third-order valence-electron chi connectivity index (χ3n) is 10.8. The summed E-state index contributed by atoms with van der Waals surface area (Å²) in [7, 11) is -4.77. The van der Waals surface area contributed by atoms with E-state index >= 15 is 0 Å². The van der Waals surface area contributed by atoms with Crippen molar-refractivity contribution in [2.45, 2.75) is 205 Å². The number of aliphatic hydroxyl groups excluding tert-OH is 3. The lowest BCUT2D eigenvalue weighted by Crippen LogP contribution is -2.34. The fraction of sp³-hybridized carbons (Fsp3) is 0.841. The van der Waals surface area contributed by atoms with E-state index in [1.54, 1.807) is 6.08 Å². The minimum atomic E-state index is -4.77. The van der Waals surface area contributed by atoms with E-state index in [9.17, 15) is 39.2 Å². The van der Waals surface area contributed by atoms with Gasteiger partial charge < -0.3 is 40.5 Å². The van der Waals surface area contributed by atoms with Crippen molar-refractivity contribution in [1.29, 1.82) is 0 Å². The second-order valence-electron chi connectivity index (χ2n) is 16.1. The lowest BCUT2D eigenvalue weighted by molar-refractivity contribution is -0.161. The van der Waals surface area contributed by atoms with Crippen molar-refractivity contribution in [3.8, 4) is 0 Å². The van der Waals surface area contributed by atoms with Crippen LogP contribution in [0.25, 0.3) is 0 Å². The number of carbonyl (C=O) groups excluding carboxylic acids is 2. The molecule has 1 fully saturated rings. The molecule has 344 valence electrons. The zero-order chi connectivity index (χ0) is 43.7. The summed E-state index contributed by atoms with van der Waals surface area (Å²) in [6, 6.07) is -1.55. The Kier molecular flexibility index (Phi) is 32.0. The number of allylic oxidation sites excluding steroid dienone is 2. The van der Waals surface area contributed by atoms with E-state index in [1.165, 1.54) is 38.5 Å². The number of unbranched alkanes of at least 4 members (excludes halogenated alkanes) is 16. The van der Waals surface area contributed by atoms with Crippen LogP contribution in [0.4, 0.5) is 0 Å². The third-order valence-corrected chi connectivity index (χ3v) is 11.7. The minimum absolute atomic E-state index is 0.0944. The van der Waals surface area contributed by atoms with Crippen LogP contribution in [0.1, 0.15) is 174 Å². The molecule has 1 aliphatic rings. The average Bonchev–Trinajstić information content (AvgIpc) is 3.47. The number of aliphatic carboxylic acids is 1. The molecule has 1 saturated carbocycles. The fourth-order valence-corrected chi connectivity index (χ4v) is 7.93. The molecule has 59 heavy (non-hydrogen) atoms. The normalized spacial score (nSPS) is 20.8. The van der Waals surface area contributed by atoms with Gasteiger partial charge in [-0.2, -0.15) is 0 Å². The van der Waals surface area contributed by atoms with Crippen LogP contribution in [-0.2, 0) is 37.5 Å². The van der Waals surface area contributed by atoms with E-state index in [0.29, 0.717) is 32.1 Å². The van der Waals surface area contributed by atoms with Gasteiger partial charge in [-0.25, -0.2) is 4.57 Å². The predicted molar refractivity (Wildman–Crippen MR) is 228 cm³/mol. The topological polar surface area (TPSA) is 232 Å². The van der Waals surface area contributed by atoms with Gasteiger partial charge in [0.25, 0.3) is 0 Å². The number of hydrogen-bond acceptors (Lipinski definition) is 12. The summed E-state index contributed by atoms with van der Waals surface area (Å²) in [6.45, 7) is 2.48. The first-order chi connectivity index (χ1) is 28.3. The van der Waals surface area contributed by atoms with Gasteiger partial charge in [-0.1, -0.05) is 128 Å². The standard InChI is InChI=1S/C44H80NO13P/c1-3-5-7-8-9-10-11-12-13-14-15-16-17-18-24-28-43(50)58-36(33-56-59(53,54)57-34-39(45)44(51)52)32-55-42(49)27-23-20-19-22-26-37-38(41(48)31-40(37)47)30-29-35(46)25-21-6-4-2/h12-13,29-30,35-41,46-48H,3-11,14-28,31-34,45H2,1-2H3,(H,51,52)(H,53,54)/b13-12-,30-29+/t35-,36+,37+,38+,39-,40-,41+/m0/s1. The quantitative estimate of drug-likeness (QED) is 0.0149.